The predicted molar refractivity (Wildman–Crippen MR) is 146 cm³/mol. The second kappa shape index (κ2) is 12.6. The molecule has 0 spiro atoms. The lowest BCUT2D eigenvalue weighted by molar-refractivity contribution is -0.134. The lowest BCUT2D eigenvalue weighted by Gasteiger charge is -2.30. The highest BCUT2D eigenvalue weighted by Crippen LogP contribution is 2.27. The van der Waals surface area contributed by atoms with Crippen molar-refractivity contribution in [2.24, 2.45) is 0 Å². The van der Waals surface area contributed by atoms with Gasteiger partial charge in [-0.2, -0.15) is 0 Å². The molecule has 2 amide bonds. The molecule has 8 heteroatoms. The Bertz CT molecular complexity index is 1250. The number of pyridine rings is 1. The van der Waals surface area contributed by atoms with Gasteiger partial charge >= 0.3 is 0 Å². The fourth-order valence-electron chi connectivity index (χ4n) is 4.68. The molecule has 3 aromatic rings. The van der Waals surface area contributed by atoms with Gasteiger partial charge in [0.2, 0.25) is 0 Å². The van der Waals surface area contributed by atoms with Crippen molar-refractivity contribution in [3.8, 4) is 5.75 Å². The first-order chi connectivity index (χ1) is 18.3. The molecule has 38 heavy (non-hydrogen) atoms. The molecule has 0 saturated carbocycles. The number of hydrogen-bond donors (Lipinski definition) is 0. The first kappa shape index (κ1) is 27.3. The van der Waals surface area contributed by atoms with Crippen LogP contribution < -0.4 is 9.64 Å². The zero-order valence-electron chi connectivity index (χ0n) is 22.3. The molecule has 1 aliphatic heterocycles. The molecule has 0 saturated heterocycles. The molecule has 0 unspecified atom stereocenters. The van der Waals surface area contributed by atoms with Crippen LogP contribution in [0.3, 0.4) is 0 Å². The van der Waals surface area contributed by atoms with E-state index < -0.39 is 5.82 Å². The van der Waals surface area contributed by atoms with Crippen molar-refractivity contribution in [2.45, 2.75) is 39.8 Å². The van der Waals surface area contributed by atoms with Gasteiger partial charge in [-0.15, -0.1) is 0 Å². The standard InChI is InChI=1S/C30H35FN4O3/c1-22(2)33-15-6-16-35(30(37)24-11-13-32-14-12-24)27-10-9-26(31)19-25(27)20-34(18-17-33)29(36)21-38-28-8-5-4-7-23(28)3/h4-5,7-14,19,22H,6,15-18,20-21H2,1-3H3. The third-order valence-electron chi connectivity index (χ3n) is 6.88. The van der Waals surface area contributed by atoms with E-state index in [1.54, 1.807) is 40.4 Å². The number of para-hydroxylation sites is 1. The SMILES string of the molecule is Cc1ccccc1OCC(=O)N1CCN(C(C)C)CCCN(C(=O)c2ccncc2)c2ccc(F)cc2C1. The van der Waals surface area contributed by atoms with E-state index in [9.17, 15) is 14.0 Å². The molecule has 0 bridgehead atoms. The van der Waals surface area contributed by atoms with Gasteiger partial charge in [-0.1, -0.05) is 18.2 Å². The molecule has 0 atom stereocenters. The van der Waals surface area contributed by atoms with Crippen molar-refractivity contribution in [2.75, 3.05) is 37.7 Å². The van der Waals surface area contributed by atoms with Crippen LogP contribution in [0.15, 0.2) is 67.0 Å². The third kappa shape index (κ3) is 6.75. The smallest absolute Gasteiger partial charge is 0.260 e. The monoisotopic (exact) mass is 518 g/mol. The average Bonchev–Trinajstić information content (AvgIpc) is 2.95. The number of halogens is 1. The van der Waals surface area contributed by atoms with Crippen molar-refractivity contribution in [1.29, 1.82) is 0 Å². The van der Waals surface area contributed by atoms with Crippen LogP contribution >= 0.6 is 0 Å². The molecular formula is C30H35FN4O3. The lowest BCUT2D eigenvalue weighted by atomic mass is 10.1. The molecule has 0 aliphatic carbocycles. The number of ether oxygens (including phenoxy) is 1. The molecule has 7 nitrogen and oxygen atoms in total. The van der Waals surface area contributed by atoms with E-state index in [1.807, 2.05) is 31.2 Å². The van der Waals surface area contributed by atoms with Crippen LogP contribution in [0.4, 0.5) is 10.1 Å². The molecule has 1 aromatic heterocycles. The average molecular weight is 519 g/mol. The number of carbonyl (C=O) groups is 2. The topological polar surface area (TPSA) is 66.0 Å². The predicted octanol–water partition coefficient (Wildman–Crippen LogP) is 4.70. The molecule has 1 aliphatic rings. The van der Waals surface area contributed by atoms with Crippen LogP contribution in [0.5, 0.6) is 5.75 Å². The van der Waals surface area contributed by atoms with Gasteiger partial charge in [0, 0.05) is 62.4 Å². The Morgan fingerprint density at radius 3 is 2.50 bits per heavy atom. The first-order valence-corrected chi connectivity index (χ1v) is 13.0. The Morgan fingerprint density at radius 1 is 1.00 bits per heavy atom. The minimum absolute atomic E-state index is 0.128. The highest BCUT2D eigenvalue weighted by atomic mass is 19.1. The summed E-state index contributed by atoms with van der Waals surface area (Å²) < 4.78 is 20.4. The Hall–Kier alpha value is -3.78. The Labute approximate surface area is 223 Å². The summed E-state index contributed by atoms with van der Waals surface area (Å²) >= 11 is 0. The Morgan fingerprint density at radius 2 is 1.76 bits per heavy atom. The number of anilines is 1. The zero-order chi connectivity index (χ0) is 27.1. The number of rotatable bonds is 5. The Kier molecular flexibility index (Phi) is 9.07. The molecule has 4 rings (SSSR count). The van der Waals surface area contributed by atoms with Crippen molar-refractivity contribution in [3.63, 3.8) is 0 Å². The minimum atomic E-state index is -0.415. The van der Waals surface area contributed by atoms with Crippen LogP contribution in [0.2, 0.25) is 0 Å². The fourth-order valence-corrected chi connectivity index (χ4v) is 4.68. The van der Waals surface area contributed by atoms with Gasteiger partial charge in [0.1, 0.15) is 11.6 Å². The lowest BCUT2D eigenvalue weighted by Crippen LogP contribution is -2.42. The summed E-state index contributed by atoms with van der Waals surface area (Å²) in [4.78, 5) is 36.8. The van der Waals surface area contributed by atoms with Gasteiger partial charge in [0.25, 0.3) is 11.8 Å². The van der Waals surface area contributed by atoms with Gasteiger partial charge in [0.05, 0.1) is 0 Å². The summed E-state index contributed by atoms with van der Waals surface area (Å²) in [5, 5.41) is 0. The normalized spacial score (nSPS) is 15.1. The summed E-state index contributed by atoms with van der Waals surface area (Å²) in [5.74, 6) is -0.139. The quantitative estimate of drug-likeness (QED) is 0.490. The fraction of sp³-hybridized carbons (Fsp3) is 0.367. The van der Waals surface area contributed by atoms with E-state index in [-0.39, 0.29) is 31.0 Å². The largest absolute Gasteiger partial charge is 0.484 e. The van der Waals surface area contributed by atoms with Crippen molar-refractivity contribution < 1.29 is 18.7 Å². The van der Waals surface area contributed by atoms with E-state index >= 15 is 0 Å². The molecule has 0 N–H and O–H groups in total. The molecular weight excluding hydrogens is 483 g/mol. The number of amides is 2. The van der Waals surface area contributed by atoms with E-state index in [4.69, 9.17) is 4.74 Å². The number of aromatic nitrogens is 1. The number of nitrogens with zero attached hydrogens (tertiary/aromatic N) is 4. The van der Waals surface area contributed by atoms with Crippen LogP contribution in [0, 0.1) is 12.7 Å². The van der Waals surface area contributed by atoms with E-state index in [1.165, 1.54) is 12.1 Å². The molecule has 0 radical (unpaired) electrons. The van der Waals surface area contributed by atoms with Crippen LogP contribution in [-0.4, -0.2) is 65.4 Å². The number of carbonyl (C=O) groups excluding carboxylic acids is 2. The van der Waals surface area contributed by atoms with Crippen LogP contribution in [0.25, 0.3) is 0 Å². The second-order valence-corrected chi connectivity index (χ2v) is 9.82. The number of benzene rings is 2. The van der Waals surface area contributed by atoms with Crippen molar-refractivity contribution >= 4 is 17.5 Å². The molecule has 200 valence electrons. The zero-order valence-corrected chi connectivity index (χ0v) is 22.3. The van der Waals surface area contributed by atoms with Gasteiger partial charge in [0.15, 0.2) is 6.61 Å². The van der Waals surface area contributed by atoms with Crippen molar-refractivity contribution in [1.82, 2.24) is 14.8 Å². The van der Waals surface area contributed by atoms with E-state index in [0.29, 0.717) is 42.2 Å². The first-order valence-electron chi connectivity index (χ1n) is 13.0. The maximum atomic E-state index is 14.5. The van der Waals surface area contributed by atoms with Crippen LogP contribution in [0.1, 0.15) is 41.8 Å². The maximum absolute atomic E-state index is 14.5. The summed E-state index contributed by atoms with van der Waals surface area (Å²) in [5.41, 5.74) is 2.63. The molecule has 2 aromatic carbocycles. The van der Waals surface area contributed by atoms with Gasteiger partial charge in [-0.05, 0) is 74.7 Å². The molecule has 2 heterocycles. The third-order valence-corrected chi connectivity index (χ3v) is 6.88. The number of fused-ring (bicyclic) bond motifs is 1. The number of aryl methyl sites for hydroxylation is 1. The highest BCUT2D eigenvalue weighted by molar-refractivity contribution is 6.06. The van der Waals surface area contributed by atoms with E-state index in [2.05, 4.69) is 23.7 Å². The second-order valence-electron chi connectivity index (χ2n) is 9.82. The summed E-state index contributed by atoms with van der Waals surface area (Å²) in [6.07, 6.45) is 3.90. The van der Waals surface area contributed by atoms with Gasteiger partial charge in [-0.3, -0.25) is 19.5 Å². The van der Waals surface area contributed by atoms with Crippen molar-refractivity contribution in [3.05, 3.63) is 89.5 Å². The summed E-state index contributed by atoms with van der Waals surface area (Å²) in [6, 6.07) is 15.6. The highest BCUT2D eigenvalue weighted by Gasteiger charge is 2.25. The van der Waals surface area contributed by atoms with Gasteiger partial charge < -0.3 is 14.5 Å². The number of hydrogen-bond acceptors (Lipinski definition) is 5. The summed E-state index contributed by atoms with van der Waals surface area (Å²) in [7, 11) is 0. The maximum Gasteiger partial charge on any atom is 0.260 e. The van der Waals surface area contributed by atoms with Crippen LogP contribution in [-0.2, 0) is 11.3 Å². The summed E-state index contributed by atoms with van der Waals surface area (Å²) in [6.45, 7) is 8.56. The molecule has 0 fully saturated rings. The van der Waals surface area contributed by atoms with Gasteiger partial charge in [-0.25, -0.2) is 4.39 Å². The Balaban J connectivity index is 1.66. The minimum Gasteiger partial charge on any atom is -0.484 e. The van der Waals surface area contributed by atoms with E-state index in [0.717, 1.165) is 18.5 Å².